The molecule has 0 radical (unpaired) electrons. The molecule has 0 spiro atoms. The van der Waals surface area contributed by atoms with E-state index in [-0.39, 0.29) is 0 Å². The van der Waals surface area contributed by atoms with Crippen LogP contribution in [0.25, 0.3) is 10.8 Å². The largest absolute Gasteiger partial charge is 0.330 e. The maximum Gasteiger partial charge on any atom is 0.0481 e. The number of nitrogens with two attached hydrogens (primary N) is 1. The fraction of sp³-hybridized carbons (Fsp3) is 0.357. The molecule has 0 saturated carbocycles. The van der Waals surface area contributed by atoms with Crippen molar-refractivity contribution in [1.82, 2.24) is 4.98 Å². The van der Waals surface area contributed by atoms with Gasteiger partial charge in [0.05, 0.1) is 0 Å². The Morgan fingerprint density at radius 2 is 2.06 bits per heavy atom. The summed E-state index contributed by atoms with van der Waals surface area (Å²) in [5.41, 5.74) is 8.00. The molecule has 0 aliphatic heterocycles. The van der Waals surface area contributed by atoms with Gasteiger partial charge in [-0.15, -0.1) is 0 Å². The fourth-order valence-corrected chi connectivity index (χ4v) is 1.98. The molecule has 2 aromatic rings. The number of nitrogens with zero attached hydrogens (tertiary/aromatic N) is 1. The molecule has 0 atom stereocenters. The van der Waals surface area contributed by atoms with Gasteiger partial charge in [-0.25, -0.2) is 0 Å². The van der Waals surface area contributed by atoms with E-state index < -0.39 is 0 Å². The average Bonchev–Trinajstić information content (AvgIpc) is 2.30. The predicted molar refractivity (Wildman–Crippen MR) is 68.5 cm³/mol. The first-order chi connectivity index (χ1) is 7.81. The van der Waals surface area contributed by atoms with E-state index in [9.17, 15) is 0 Å². The van der Waals surface area contributed by atoms with Crippen LogP contribution in [0.1, 0.15) is 24.1 Å². The minimum atomic E-state index is 0.768. The van der Waals surface area contributed by atoms with Crippen LogP contribution in [0.4, 0.5) is 0 Å². The van der Waals surface area contributed by atoms with Crippen LogP contribution in [0.5, 0.6) is 0 Å². The monoisotopic (exact) mass is 214 g/mol. The third-order valence-corrected chi connectivity index (χ3v) is 2.87. The summed E-state index contributed by atoms with van der Waals surface area (Å²) in [5, 5.41) is 2.57. The Morgan fingerprint density at radius 3 is 2.88 bits per heavy atom. The first kappa shape index (κ1) is 11.1. The summed E-state index contributed by atoms with van der Waals surface area (Å²) in [6.45, 7) is 2.89. The molecule has 0 bridgehead atoms. The minimum absolute atomic E-state index is 0.768. The van der Waals surface area contributed by atoms with Gasteiger partial charge in [-0.1, -0.05) is 17.7 Å². The summed E-state index contributed by atoms with van der Waals surface area (Å²) in [6.07, 6.45) is 5.12. The summed E-state index contributed by atoms with van der Waals surface area (Å²) in [7, 11) is 0. The normalized spacial score (nSPS) is 10.9. The molecule has 1 aromatic carbocycles. The van der Waals surface area contributed by atoms with Gasteiger partial charge in [-0.05, 0) is 50.2 Å². The molecule has 0 amide bonds. The lowest BCUT2D eigenvalue weighted by Crippen LogP contribution is -2.00. The van der Waals surface area contributed by atoms with E-state index in [1.54, 1.807) is 0 Å². The van der Waals surface area contributed by atoms with Crippen LogP contribution in [-0.2, 0) is 6.42 Å². The molecule has 84 valence electrons. The van der Waals surface area contributed by atoms with E-state index in [0.717, 1.165) is 25.8 Å². The molecular weight excluding hydrogens is 196 g/mol. The van der Waals surface area contributed by atoms with Crippen molar-refractivity contribution in [2.75, 3.05) is 6.54 Å². The van der Waals surface area contributed by atoms with E-state index in [1.807, 2.05) is 6.20 Å². The number of benzene rings is 1. The average molecular weight is 214 g/mol. The van der Waals surface area contributed by atoms with Crippen LogP contribution in [0.15, 0.2) is 30.5 Å². The topological polar surface area (TPSA) is 38.9 Å². The van der Waals surface area contributed by atoms with Crippen LogP contribution >= 0.6 is 0 Å². The van der Waals surface area contributed by atoms with Gasteiger partial charge >= 0.3 is 0 Å². The number of hydrogen-bond donors (Lipinski definition) is 1. The Labute approximate surface area is 96.5 Å². The number of fused-ring (bicyclic) bond motifs is 1. The highest BCUT2D eigenvalue weighted by atomic mass is 14.7. The van der Waals surface area contributed by atoms with Gasteiger partial charge in [0.25, 0.3) is 0 Å². The summed E-state index contributed by atoms with van der Waals surface area (Å²) < 4.78 is 0. The zero-order valence-corrected chi connectivity index (χ0v) is 9.74. The minimum Gasteiger partial charge on any atom is -0.330 e. The highest BCUT2D eigenvalue weighted by molar-refractivity contribution is 5.85. The molecule has 0 fully saturated rings. The van der Waals surface area contributed by atoms with Crippen molar-refractivity contribution in [3.05, 3.63) is 41.7 Å². The van der Waals surface area contributed by atoms with Crippen molar-refractivity contribution >= 4 is 10.8 Å². The van der Waals surface area contributed by atoms with Crippen molar-refractivity contribution < 1.29 is 0 Å². The maximum absolute atomic E-state index is 5.51. The van der Waals surface area contributed by atoms with Gasteiger partial charge in [0.15, 0.2) is 0 Å². The van der Waals surface area contributed by atoms with Gasteiger partial charge in [0, 0.05) is 17.3 Å². The van der Waals surface area contributed by atoms with Gasteiger partial charge in [0.1, 0.15) is 0 Å². The molecule has 0 unspecified atom stereocenters. The second-order valence-electron chi connectivity index (χ2n) is 4.23. The van der Waals surface area contributed by atoms with Gasteiger partial charge in [-0.3, -0.25) is 4.98 Å². The zero-order valence-electron chi connectivity index (χ0n) is 9.74. The predicted octanol–water partition coefficient (Wildman–Crippen LogP) is 2.82. The van der Waals surface area contributed by atoms with Crippen molar-refractivity contribution in [3.63, 3.8) is 0 Å². The fourth-order valence-electron chi connectivity index (χ4n) is 1.98. The molecule has 0 saturated heterocycles. The van der Waals surface area contributed by atoms with Gasteiger partial charge in [-0.2, -0.15) is 0 Å². The second-order valence-corrected chi connectivity index (χ2v) is 4.23. The molecule has 2 heteroatoms. The Balaban J connectivity index is 2.32. The Kier molecular flexibility index (Phi) is 3.52. The second kappa shape index (κ2) is 5.08. The van der Waals surface area contributed by atoms with Crippen LogP contribution in [0, 0.1) is 6.92 Å². The molecule has 0 aliphatic rings. The van der Waals surface area contributed by atoms with Crippen molar-refractivity contribution in [1.29, 1.82) is 0 Å². The van der Waals surface area contributed by atoms with Crippen LogP contribution in [0.2, 0.25) is 0 Å². The zero-order chi connectivity index (χ0) is 11.4. The Morgan fingerprint density at radius 1 is 1.19 bits per heavy atom. The molecule has 2 rings (SSSR count). The summed E-state index contributed by atoms with van der Waals surface area (Å²) in [5.74, 6) is 0. The van der Waals surface area contributed by atoms with Crippen molar-refractivity contribution in [2.45, 2.75) is 26.2 Å². The Hall–Kier alpha value is -1.41. The highest BCUT2D eigenvalue weighted by Gasteiger charge is 2.02. The number of unbranched alkanes of at least 4 members (excludes halogenated alkanes) is 1. The molecule has 1 heterocycles. The molecule has 0 aliphatic carbocycles. The van der Waals surface area contributed by atoms with E-state index in [1.165, 1.54) is 22.0 Å². The van der Waals surface area contributed by atoms with Crippen LogP contribution in [-0.4, -0.2) is 11.5 Å². The summed E-state index contributed by atoms with van der Waals surface area (Å²) >= 11 is 0. The van der Waals surface area contributed by atoms with E-state index in [4.69, 9.17) is 5.73 Å². The quantitative estimate of drug-likeness (QED) is 0.795. The van der Waals surface area contributed by atoms with Crippen LogP contribution < -0.4 is 5.73 Å². The first-order valence-corrected chi connectivity index (χ1v) is 5.85. The van der Waals surface area contributed by atoms with E-state index in [0.29, 0.717) is 0 Å². The lowest BCUT2D eigenvalue weighted by atomic mass is 10.0. The molecule has 16 heavy (non-hydrogen) atoms. The third kappa shape index (κ3) is 2.39. The maximum atomic E-state index is 5.51. The SMILES string of the molecule is Cc1ccc2ccnc(CCCCN)c2c1. The van der Waals surface area contributed by atoms with Gasteiger partial charge in [0.2, 0.25) is 0 Å². The highest BCUT2D eigenvalue weighted by Crippen LogP contribution is 2.19. The van der Waals surface area contributed by atoms with Crippen molar-refractivity contribution in [3.8, 4) is 0 Å². The molecular formula is C14H18N2. The number of pyridine rings is 1. The Bertz CT molecular complexity index is 477. The lowest BCUT2D eigenvalue weighted by Gasteiger charge is -2.06. The standard InChI is InChI=1S/C14H18N2/c1-11-5-6-12-7-9-16-14(13(12)10-11)4-2-3-8-15/h5-7,9-10H,2-4,8,15H2,1H3. The first-order valence-electron chi connectivity index (χ1n) is 5.85. The lowest BCUT2D eigenvalue weighted by molar-refractivity contribution is 0.736. The molecule has 2 nitrogen and oxygen atoms in total. The smallest absolute Gasteiger partial charge is 0.0481 e. The molecule has 2 N–H and O–H groups in total. The molecule has 1 aromatic heterocycles. The number of rotatable bonds is 4. The summed E-state index contributed by atoms with van der Waals surface area (Å²) in [6, 6.07) is 8.60. The van der Waals surface area contributed by atoms with Crippen molar-refractivity contribution in [2.24, 2.45) is 5.73 Å². The number of aryl methyl sites for hydroxylation is 2. The van der Waals surface area contributed by atoms with E-state index in [2.05, 4.69) is 36.2 Å². The number of hydrogen-bond acceptors (Lipinski definition) is 2. The van der Waals surface area contributed by atoms with Gasteiger partial charge < -0.3 is 5.73 Å². The number of aromatic nitrogens is 1. The van der Waals surface area contributed by atoms with Crippen LogP contribution in [0.3, 0.4) is 0 Å². The third-order valence-electron chi connectivity index (χ3n) is 2.87. The van der Waals surface area contributed by atoms with E-state index >= 15 is 0 Å². The summed E-state index contributed by atoms with van der Waals surface area (Å²) in [4.78, 5) is 4.48.